The fraction of sp³-hybridized carbons (Fsp3) is 0.478. The Morgan fingerprint density at radius 1 is 0.931 bits per heavy atom. The van der Waals surface area contributed by atoms with Gasteiger partial charge in [-0.1, -0.05) is 18.2 Å². The standard InChI is InChI=1S/C23H30N2O3S/c26-29(27,23-12-9-20-5-1-2-6-21(20)18-23)24-13-3-4-19-7-10-22(11-8-19)25-14-16-28-17-15-25/h7-12,18,24H,1-6,13-17H2. The van der Waals surface area contributed by atoms with Crippen LogP contribution in [-0.2, 0) is 34.0 Å². The zero-order valence-electron chi connectivity index (χ0n) is 16.9. The highest BCUT2D eigenvalue weighted by atomic mass is 32.2. The van der Waals surface area contributed by atoms with Crippen LogP contribution in [0.2, 0.25) is 0 Å². The smallest absolute Gasteiger partial charge is 0.240 e. The van der Waals surface area contributed by atoms with Gasteiger partial charge in [-0.3, -0.25) is 0 Å². The van der Waals surface area contributed by atoms with Crippen molar-refractivity contribution in [1.82, 2.24) is 4.72 Å². The molecule has 0 amide bonds. The molecule has 4 rings (SSSR count). The summed E-state index contributed by atoms with van der Waals surface area (Å²) in [5, 5.41) is 0. The summed E-state index contributed by atoms with van der Waals surface area (Å²) in [6.45, 7) is 3.89. The Morgan fingerprint density at radius 2 is 1.66 bits per heavy atom. The molecule has 1 N–H and O–H groups in total. The zero-order chi connectivity index (χ0) is 20.1. The summed E-state index contributed by atoms with van der Waals surface area (Å²) in [6.07, 6.45) is 6.03. The van der Waals surface area contributed by atoms with Gasteiger partial charge in [-0.15, -0.1) is 0 Å². The van der Waals surface area contributed by atoms with Gasteiger partial charge in [0.1, 0.15) is 0 Å². The Hall–Kier alpha value is -1.89. The van der Waals surface area contributed by atoms with E-state index in [1.807, 2.05) is 12.1 Å². The highest BCUT2D eigenvalue weighted by Crippen LogP contribution is 2.24. The summed E-state index contributed by atoms with van der Waals surface area (Å²) in [5.41, 5.74) is 4.95. The van der Waals surface area contributed by atoms with E-state index in [2.05, 4.69) is 33.9 Å². The van der Waals surface area contributed by atoms with Crippen LogP contribution in [0.3, 0.4) is 0 Å². The molecule has 0 spiro atoms. The first-order valence-electron chi connectivity index (χ1n) is 10.6. The lowest BCUT2D eigenvalue weighted by molar-refractivity contribution is 0.122. The van der Waals surface area contributed by atoms with Crippen LogP contribution in [0, 0.1) is 0 Å². The van der Waals surface area contributed by atoms with Gasteiger partial charge in [-0.25, -0.2) is 13.1 Å². The van der Waals surface area contributed by atoms with Crippen molar-refractivity contribution >= 4 is 15.7 Å². The highest BCUT2D eigenvalue weighted by Gasteiger charge is 2.17. The van der Waals surface area contributed by atoms with Crippen LogP contribution in [0.5, 0.6) is 0 Å². The minimum absolute atomic E-state index is 0.396. The number of anilines is 1. The molecule has 0 saturated carbocycles. The second-order valence-electron chi connectivity index (χ2n) is 7.90. The Kier molecular flexibility index (Phi) is 6.53. The van der Waals surface area contributed by atoms with Crippen molar-refractivity contribution in [3.8, 4) is 0 Å². The molecule has 1 saturated heterocycles. The quantitative estimate of drug-likeness (QED) is 0.706. The zero-order valence-corrected chi connectivity index (χ0v) is 17.7. The van der Waals surface area contributed by atoms with Crippen molar-refractivity contribution < 1.29 is 13.2 Å². The monoisotopic (exact) mass is 414 g/mol. The number of nitrogens with one attached hydrogen (secondary N) is 1. The third-order valence-corrected chi connectivity index (χ3v) is 7.34. The van der Waals surface area contributed by atoms with E-state index >= 15 is 0 Å². The Morgan fingerprint density at radius 3 is 2.41 bits per heavy atom. The van der Waals surface area contributed by atoms with E-state index in [0.717, 1.165) is 58.4 Å². The van der Waals surface area contributed by atoms with Crippen LogP contribution in [0.4, 0.5) is 5.69 Å². The predicted octanol–water partition coefficient (Wildman–Crippen LogP) is 3.31. The lowest BCUT2D eigenvalue weighted by Crippen LogP contribution is -2.36. The van der Waals surface area contributed by atoms with E-state index in [9.17, 15) is 8.42 Å². The van der Waals surface area contributed by atoms with Gasteiger partial charge in [-0.2, -0.15) is 0 Å². The third kappa shape index (κ3) is 5.18. The van der Waals surface area contributed by atoms with Crippen molar-refractivity contribution in [1.29, 1.82) is 0 Å². The van der Waals surface area contributed by atoms with Gasteiger partial charge in [0.2, 0.25) is 10.0 Å². The van der Waals surface area contributed by atoms with Gasteiger partial charge in [0.15, 0.2) is 0 Å². The minimum Gasteiger partial charge on any atom is -0.378 e. The molecule has 0 bridgehead atoms. The molecule has 1 aliphatic carbocycles. The molecule has 1 heterocycles. The molecule has 2 aliphatic rings. The van der Waals surface area contributed by atoms with Gasteiger partial charge in [0.25, 0.3) is 0 Å². The molecule has 6 heteroatoms. The molecule has 29 heavy (non-hydrogen) atoms. The first-order valence-corrected chi connectivity index (χ1v) is 12.1. The van der Waals surface area contributed by atoms with Crippen LogP contribution in [0.25, 0.3) is 0 Å². The number of ether oxygens (including phenoxy) is 1. The van der Waals surface area contributed by atoms with Crippen LogP contribution in [-0.4, -0.2) is 41.3 Å². The molecule has 0 radical (unpaired) electrons. The first-order chi connectivity index (χ1) is 14.1. The minimum atomic E-state index is -3.44. The second-order valence-corrected chi connectivity index (χ2v) is 9.67. The van der Waals surface area contributed by atoms with Gasteiger partial charge in [0.05, 0.1) is 18.1 Å². The van der Waals surface area contributed by atoms with Crippen LogP contribution in [0.1, 0.15) is 36.0 Å². The van der Waals surface area contributed by atoms with E-state index in [0.29, 0.717) is 11.4 Å². The maximum Gasteiger partial charge on any atom is 0.240 e. The van der Waals surface area contributed by atoms with Crippen molar-refractivity contribution in [3.05, 3.63) is 59.2 Å². The van der Waals surface area contributed by atoms with Gasteiger partial charge < -0.3 is 9.64 Å². The topological polar surface area (TPSA) is 58.6 Å². The number of morpholine rings is 1. The number of sulfonamides is 1. The van der Waals surface area contributed by atoms with Crippen molar-refractivity contribution in [3.63, 3.8) is 0 Å². The van der Waals surface area contributed by atoms with Crippen LogP contribution < -0.4 is 9.62 Å². The Labute approximate surface area is 174 Å². The number of aryl methyl sites for hydroxylation is 3. The van der Waals surface area contributed by atoms with E-state index in [1.54, 1.807) is 6.07 Å². The Bertz CT molecular complexity index is 920. The number of hydrogen-bond donors (Lipinski definition) is 1. The third-order valence-electron chi connectivity index (χ3n) is 5.88. The molecule has 0 aromatic heterocycles. The molecule has 156 valence electrons. The Balaban J connectivity index is 1.27. The van der Waals surface area contributed by atoms with E-state index in [4.69, 9.17) is 4.74 Å². The fourth-order valence-electron chi connectivity index (χ4n) is 4.15. The number of fused-ring (bicyclic) bond motifs is 1. The molecule has 1 aliphatic heterocycles. The molecule has 1 fully saturated rings. The van der Waals surface area contributed by atoms with Gasteiger partial charge >= 0.3 is 0 Å². The molecule has 5 nitrogen and oxygen atoms in total. The number of benzene rings is 2. The summed E-state index contributed by atoms with van der Waals surface area (Å²) in [4.78, 5) is 2.73. The molecule has 0 atom stereocenters. The van der Waals surface area contributed by atoms with Crippen molar-refractivity contribution in [2.75, 3.05) is 37.7 Å². The number of hydrogen-bond acceptors (Lipinski definition) is 4. The molecule has 2 aromatic carbocycles. The summed E-state index contributed by atoms with van der Waals surface area (Å²) in [6, 6.07) is 14.2. The summed E-state index contributed by atoms with van der Waals surface area (Å²) in [5.74, 6) is 0. The number of nitrogens with zero attached hydrogens (tertiary/aromatic N) is 1. The van der Waals surface area contributed by atoms with Crippen LogP contribution in [0.15, 0.2) is 47.4 Å². The van der Waals surface area contributed by atoms with E-state index in [-0.39, 0.29) is 0 Å². The summed E-state index contributed by atoms with van der Waals surface area (Å²) >= 11 is 0. The molecular formula is C23H30N2O3S. The molecule has 0 unspecified atom stereocenters. The summed E-state index contributed by atoms with van der Waals surface area (Å²) in [7, 11) is -3.44. The molecule has 2 aromatic rings. The average Bonchev–Trinajstić information content (AvgIpc) is 2.77. The SMILES string of the molecule is O=S(=O)(NCCCc1ccc(N2CCOCC2)cc1)c1ccc2c(c1)CCCC2. The van der Waals surface area contributed by atoms with Crippen LogP contribution >= 0.6 is 0 Å². The summed E-state index contributed by atoms with van der Waals surface area (Å²) < 4.78 is 33.4. The maximum atomic E-state index is 12.6. The van der Waals surface area contributed by atoms with Gasteiger partial charge in [-0.05, 0) is 79.5 Å². The second kappa shape index (κ2) is 9.28. The number of rotatable bonds is 7. The maximum absolute atomic E-state index is 12.6. The average molecular weight is 415 g/mol. The lowest BCUT2D eigenvalue weighted by Gasteiger charge is -2.28. The predicted molar refractivity (Wildman–Crippen MR) is 116 cm³/mol. The van der Waals surface area contributed by atoms with Crippen molar-refractivity contribution in [2.45, 2.75) is 43.4 Å². The normalized spacial score (nSPS) is 17.2. The molecular weight excluding hydrogens is 384 g/mol. The largest absolute Gasteiger partial charge is 0.378 e. The highest BCUT2D eigenvalue weighted by molar-refractivity contribution is 7.89. The van der Waals surface area contributed by atoms with E-state index < -0.39 is 10.0 Å². The van der Waals surface area contributed by atoms with Gasteiger partial charge in [0, 0.05) is 25.3 Å². The van der Waals surface area contributed by atoms with Crippen molar-refractivity contribution in [2.24, 2.45) is 0 Å². The first kappa shape index (κ1) is 20.4. The van der Waals surface area contributed by atoms with E-state index in [1.165, 1.54) is 28.8 Å². The lowest BCUT2D eigenvalue weighted by atomic mass is 9.92. The fourth-order valence-corrected chi connectivity index (χ4v) is 5.28.